The summed E-state index contributed by atoms with van der Waals surface area (Å²) in [7, 11) is -3.95. The maximum Gasteiger partial charge on any atom is 0.326 e. The van der Waals surface area contributed by atoms with E-state index < -0.39 is 27.9 Å². The first-order valence-corrected chi connectivity index (χ1v) is 9.93. The minimum Gasteiger partial charge on any atom is -0.480 e. The summed E-state index contributed by atoms with van der Waals surface area (Å²) in [6, 6.07) is 3.35. The molecule has 3 atom stereocenters. The van der Waals surface area contributed by atoms with Crippen molar-refractivity contribution in [3.8, 4) is 0 Å². The van der Waals surface area contributed by atoms with E-state index in [-0.39, 0.29) is 22.4 Å². The van der Waals surface area contributed by atoms with Gasteiger partial charge in [0.25, 0.3) is 5.91 Å². The molecule has 3 unspecified atom stereocenters. The maximum atomic E-state index is 13.0. The van der Waals surface area contributed by atoms with Crippen molar-refractivity contribution in [2.24, 2.45) is 11.1 Å². The maximum absolute atomic E-state index is 13.0. The van der Waals surface area contributed by atoms with E-state index in [4.69, 9.17) is 5.14 Å². The molecule has 2 aliphatic rings. The van der Waals surface area contributed by atoms with E-state index in [2.05, 4.69) is 0 Å². The third kappa shape index (κ3) is 3.28. The summed E-state index contributed by atoms with van der Waals surface area (Å²) in [6.45, 7) is 1.60. The van der Waals surface area contributed by atoms with Crippen LogP contribution in [0.25, 0.3) is 0 Å². The van der Waals surface area contributed by atoms with Gasteiger partial charge in [-0.15, -0.1) is 0 Å². The average Bonchev–Trinajstić information content (AvgIpc) is 2.93. The van der Waals surface area contributed by atoms with Crippen molar-refractivity contribution < 1.29 is 23.1 Å². The van der Waals surface area contributed by atoms with Crippen LogP contribution in [0.4, 0.5) is 0 Å². The molecule has 1 aliphatic carbocycles. The Morgan fingerprint density at radius 2 is 1.92 bits per heavy atom. The number of carbonyl (C=O) groups excluding carboxylic acids is 1. The highest BCUT2D eigenvalue weighted by atomic mass is 32.2. The highest BCUT2D eigenvalue weighted by Gasteiger charge is 2.47. The molecular weight excluding hydrogens is 344 g/mol. The number of aryl methyl sites for hydroxylation is 1. The Morgan fingerprint density at radius 1 is 1.24 bits per heavy atom. The van der Waals surface area contributed by atoms with Crippen molar-refractivity contribution in [1.82, 2.24) is 4.90 Å². The highest BCUT2D eigenvalue weighted by Crippen LogP contribution is 2.40. The molecular formula is C17H22N2O5S. The number of hydrogen-bond donors (Lipinski definition) is 2. The van der Waals surface area contributed by atoms with Gasteiger partial charge in [-0.1, -0.05) is 18.9 Å². The monoisotopic (exact) mass is 366 g/mol. The van der Waals surface area contributed by atoms with E-state index in [0.717, 1.165) is 25.7 Å². The molecule has 0 spiro atoms. The van der Waals surface area contributed by atoms with Crippen molar-refractivity contribution >= 4 is 21.9 Å². The summed E-state index contributed by atoms with van der Waals surface area (Å²) < 4.78 is 23.4. The van der Waals surface area contributed by atoms with E-state index in [1.165, 1.54) is 23.1 Å². The lowest BCUT2D eigenvalue weighted by Crippen LogP contribution is -2.46. The first-order valence-electron chi connectivity index (χ1n) is 8.39. The first kappa shape index (κ1) is 17.9. The predicted molar refractivity (Wildman–Crippen MR) is 90.5 cm³/mol. The molecule has 1 amide bonds. The van der Waals surface area contributed by atoms with Crippen LogP contribution in [0, 0.1) is 12.8 Å². The van der Waals surface area contributed by atoms with Crippen molar-refractivity contribution in [2.45, 2.75) is 56.0 Å². The number of nitrogens with two attached hydrogens (primary N) is 1. The molecule has 1 saturated carbocycles. The quantitative estimate of drug-likeness (QED) is 0.840. The molecule has 1 aromatic carbocycles. The number of nitrogens with zero attached hydrogens (tertiary/aromatic N) is 1. The second-order valence-electron chi connectivity index (χ2n) is 6.94. The van der Waals surface area contributed by atoms with Gasteiger partial charge >= 0.3 is 5.97 Å². The fourth-order valence-electron chi connectivity index (χ4n) is 4.16. The van der Waals surface area contributed by atoms with Crippen molar-refractivity contribution in [2.75, 3.05) is 0 Å². The summed E-state index contributed by atoms with van der Waals surface area (Å²) in [5.74, 6) is -1.25. The third-order valence-electron chi connectivity index (χ3n) is 5.35. The third-order valence-corrected chi connectivity index (χ3v) is 6.40. The zero-order valence-corrected chi connectivity index (χ0v) is 14.8. The number of rotatable bonds is 3. The van der Waals surface area contributed by atoms with Gasteiger partial charge in [0, 0.05) is 11.6 Å². The molecule has 1 aromatic rings. The molecule has 8 heteroatoms. The Hall–Kier alpha value is -1.93. The molecule has 1 aliphatic heterocycles. The van der Waals surface area contributed by atoms with E-state index in [1.54, 1.807) is 6.92 Å². The summed E-state index contributed by atoms with van der Waals surface area (Å²) in [6.07, 6.45) is 4.19. The lowest BCUT2D eigenvalue weighted by Gasteiger charge is -2.33. The van der Waals surface area contributed by atoms with Gasteiger partial charge in [0.1, 0.15) is 6.04 Å². The molecule has 0 aromatic heterocycles. The number of benzene rings is 1. The van der Waals surface area contributed by atoms with Crippen molar-refractivity contribution in [1.29, 1.82) is 0 Å². The van der Waals surface area contributed by atoms with Crippen LogP contribution < -0.4 is 5.14 Å². The van der Waals surface area contributed by atoms with Crippen molar-refractivity contribution in [3.05, 3.63) is 29.3 Å². The zero-order valence-electron chi connectivity index (χ0n) is 14.0. The Labute approximate surface area is 146 Å². The second-order valence-corrected chi connectivity index (χ2v) is 8.47. The molecule has 1 heterocycles. The van der Waals surface area contributed by atoms with Gasteiger partial charge in [-0.3, -0.25) is 4.79 Å². The SMILES string of the molecule is Cc1ccc(C(=O)N2C(C(=O)O)CC3CCCCC32)cc1S(N)(=O)=O. The van der Waals surface area contributed by atoms with Crippen LogP contribution in [0.5, 0.6) is 0 Å². The molecule has 136 valence electrons. The molecule has 3 rings (SSSR count). The van der Waals surface area contributed by atoms with Crippen LogP contribution in [0.3, 0.4) is 0 Å². The van der Waals surface area contributed by atoms with Gasteiger partial charge in [-0.05, 0) is 49.8 Å². The van der Waals surface area contributed by atoms with Gasteiger partial charge in [0.2, 0.25) is 10.0 Å². The lowest BCUT2D eigenvalue weighted by molar-refractivity contribution is -0.141. The summed E-state index contributed by atoms with van der Waals surface area (Å²) in [4.78, 5) is 26.0. The number of primary sulfonamides is 1. The molecule has 0 bridgehead atoms. The number of sulfonamides is 1. The standard InChI is InChI=1S/C17H22N2O5S/c1-10-6-7-12(9-15(10)25(18,23)24)16(20)19-13-5-3-2-4-11(13)8-14(19)17(21)22/h6-7,9,11,13-14H,2-5,8H2,1H3,(H,21,22)(H2,18,23,24). The van der Waals surface area contributed by atoms with Crippen LogP contribution in [0.15, 0.2) is 23.1 Å². The molecule has 3 N–H and O–H groups in total. The van der Waals surface area contributed by atoms with Gasteiger partial charge in [0.05, 0.1) is 4.90 Å². The smallest absolute Gasteiger partial charge is 0.326 e. The van der Waals surface area contributed by atoms with Gasteiger partial charge < -0.3 is 10.0 Å². The zero-order chi connectivity index (χ0) is 18.4. The number of carboxylic acids is 1. The van der Waals surface area contributed by atoms with Gasteiger partial charge in [-0.2, -0.15) is 0 Å². The number of fused-ring (bicyclic) bond motifs is 1. The average molecular weight is 366 g/mol. The molecule has 25 heavy (non-hydrogen) atoms. The molecule has 7 nitrogen and oxygen atoms in total. The summed E-state index contributed by atoms with van der Waals surface area (Å²) in [5.41, 5.74) is 0.609. The van der Waals surface area contributed by atoms with E-state index in [9.17, 15) is 23.1 Å². The minimum atomic E-state index is -3.95. The van der Waals surface area contributed by atoms with E-state index in [1.807, 2.05) is 0 Å². The number of likely N-dealkylation sites (tertiary alicyclic amines) is 1. The Morgan fingerprint density at radius 3 is 2.56 bits per heavy atom. The fourth-order valence-corrected chi connectivity index (χ4v) is 4.97. The number of carbonyl (C=O) groups is 2. The predicted octanol–water partition coefficient (Wildman–Crippen LogP) is 1.50. The van der Waals surface area contributed by atoms with Crippen LogP contribution in [-0.2, 0) is 14.8 Å². The Bertz CT molecular complexity index is 820. The second kappa shape index (κ2) is 6.42. The normalized spacial score (nSPS) is 26.3. The minimum absolute atomic E-state index is 0.0958. The number of carboxylic acid groups (broad SMARTS) is 1. The topological polar surface area (TPSA) is 118 Å². The Kier molecular flexibility index (Phi) is 4.59. The highest BCUT2D eigenvalue weighted by molar-refractivity contribution is 7.89. The number of hydrogen-bond acceptors (Lipinski definition) is 4. The summed E-state index contributed by atoms with van der Waals surface area (Å²) in [5, 5.41) is 14.8. The first-order chi connectivity index (χ1) is 11.7. The molecule has 0 radical (unpaired) electrons. The van der Waals surface area contributed by atoms with Crippen molar-refractivity contribution in [3.63, 3.8) is 0 Å². The van der Waals surface area contributed by atoms with Crippen LogP contribution in [0.2, 0.25) is 0 Å². The molecule has 1 saturated heterocycles. The number of amides is 1. The van der Waals surface area contributed by atoms with Crippen LogP contribution in [-0.4, -0.2) is 42.4 Å². The lowest BCUT2D eigenvalue weighted by atomic mass is 9.84. The van der Waals surface area contributed by atoms with Gasteiger partial charge in [0.15, 0.2) is 0 Å². The fraction of sp³-hybridized carbons (Fsp3) is 0.529. The van der Waals surface area contributed by atoms with Crippen LogP contribution in [0.1, 0.15) is 48.0 Å². The Balaban J connectivity index is 1.99. The summed E-state index contributed by atoms with van der Waals surface area (Å²) >= 11 is 0. The number of aliphatic carboxylic acids is 1. The van der Waals surface area contributed by atoms with Crippen LogP contribution >= 0.6 is 0 Å². The van der Waals surface area contributed by atoms with E-state index in [0.29, 0.717) is 12.0 Å². The largest absolute Gasteiger partial charge is 0.480 e. The van der Waals surface area contributed by atoms with E-state index >= 15 is 0 Å². The molecule has 2 fully saturated rings. The van der Waals surface area contributed by atoms with Gasteiger partial charge in [-0.25, -0.2) is 18.4 Å².